The predicted octanol–water partition coefficient (Wildman–Crippen LogP) is 0.857. The Labute approximate surface area is 99.3 Å². The fourth-order valence-corrected chi connectivity index (χ4v) is 2.07. The zero-order valence-corrected chi connectivity index (χ0v) is 9.47. The first-order chi connectivity index (χ1) is 8.16. The number of anilines is 1. The van der Waals surface area contributed by atoms with Gasteiger partial charge >= 0.3 is 5.97 Å². The molecule has 0 amide bonds. The fourth-order valence-electron chi connectivity index (χ4n) is 2.07. The third-order valence-electron chi connectivity index (χ3n) is 3.01. The lowest BCUT2D eigenvalue weighted by atomic mass is 9.91. The minimum atomic E-state index is -1.07. The second-order valence-electron chi connectivity index (χ2n) is 4.29. The number of carboxylic acid groups (broad SMARTS) is 1. The van der Waals surface area contributed by atoms with E-state index in [4.69, 9.17) is 10.8 Å². The van der Waals surface area contributed by atoms with Crippen molar-refractivity contribution in [2.45, 2.75) is 37.8 Å². The number of nitrogens with one attached hydrogen (secondary N) is 1. The highest BCUT2D eigenvalue weighted by molar-refractivity contribution is 5.85. The van der Waals surface area contributed by atoms with Crippen molar-refractivity contribution in [3.8, 4) is 0 Å². The molecular formula is C11H16N4O2. The van der Waals surface area contributed by atoms with Crippen LogP contribution in [0.1, 0.15) is 36.2 Å². The maximum atomic E-state index is 10.8. The van der Waals surface area contributed by atoms with Gasteiger partial charge in [0.25, 0.3) is 0 Å². The van der Waals surface area contributed by atoms with Crippen LogP contribution < -0.4 is 11.1 Å². The van der Waals surface area contributed by atoms with Gasteiger partial charge in [-0.25, -0.2) is 9.78 Å². The Hall–Kier alpha value is -1.69. The second-order valence-corrected chi connectivity index (χ2v) is 4.29. The van der Waals surface area contributed by atoms with Crippen molar-refractivity contribution in [3.63, 3.8) is 0 Å². The van der Waals surface area contributed by atoms with Crippen LogP contribution in [0.15, 0.2) is 12.4 Å². The quantitative estimate of drug-likeness (QED) is 0.719. The fraction of sp³-hybridized carbons (Fsp3) is 0.545. The summed E-state index contributed by atoms with van der Waals surface area (Å²) in [5.74, 6) is -0.596. The topological polar surface area (TPSA) is 101 Å². The first kappa shape index (κ1) is 11.8. The summed E-state index contributed by atoms with van der Waals surface area (Å²) in [6, 6.07) is 0.251. The van der Waals surface area contributed by atoms with Crippen LogP contribution in [0, 0.1) is 0 Å². The third-order valence-corrected chi connectivity index (χ3v) is 3.01. The van der Waals surface area contributed by atoms with Crippen molar-refractivity contribution in [3.05, 3.63) is 18.1 Å². The number of rotatable bonds is 3. The van der Waals surface area contributed by atoms with Crippen LogP contribution in [0.25, 0.3) is 0 Å². The van der Waals surface area contributed by atoms with E-state index >= 15 is 0 Å². The van der Waals surface area contributed by atoms with Gasteiger partial charge in [-0.3, -0.25) is 4.98 Å². The molecule has 1 aliphatic carbocycles. The molecule has 0 aliphatic heterocycles. The lowest BCUT2D eigenvalue weighted by molar-refractivity contribution is 0.0690. The molecule has 2 rings (SSSR count). The van der Waals surface area contributed by atoms with Crippen LogP contribution in [0.2, 0.25) is 0 Å². The molecule has 2 unspecified atom stereocenters. The average Bonchev–Trinajstić information content (AvgIpc) is 2.32. The molecular weight excluding hydrogens is 220 g/mol. The van der Waals surface area contributed by atoms with E-state index in [0.717, 1.165) is 25.7 Å². The molecule has 1 saturated carbocycles. The Bertz CT molecular complexity index is 410. The molecule has 6 nitrogen and oxygen atoms in total. The molecule has 92 valence electrons. The molecule has 1 aliphatic rings. The Balaban J connectivity index is 2.07. The summed E-state index contributed by atoms with van der Waals surface area (Å²) < 4.78 is 0. The van der Waals surface area contributed by atoms with Crippen molar-refractivity contribution in [2.75, 3.05) is 5.32 Å². The van der Waals surface area contributed by atoms with Gasteiger partial charge < -0.3 is 16.2 Å². The minimum Gasteiger partial charge on any atom is -0.476 e. The van der Waals surface area contributed by atoms with Crippen LogP contribution in [-0.4, -0.2) is 33.1 Å². The van der Waals surface area contributed by atoms with Gasteiger partial charge in [-0.1, -0.05) is 12.8 Å². The lowest BCUT2D eigenvalue weighted by Gasteiger charge is -2.29. The predicted molar refractivity (Wildman–Crippen MR) is 62.8 cm³/mol. The highest BCUT2D eigenvalue weighted by Gasteiger charge is 2.22. The summed E-state index contributed by atoms with van der Waals surface area (Å²) in [5, 5.41) is 12.0. The molecule has 0 radical (unpaired) electrons. The van der Waals surface area contributed by atoms with Gasteiger partial charge in [-0.2, -0.15) is 0 Å². The van der Waals surface area contributed by atoms with Crippen LogP contribution in [0.5, 0.6) is 0 Å². The number of hydrogen-bond donors (Lipinski definition) is 3. The molecule has 6 heteroatoms. The molecule has 0 bridgehead atoms. The van der Waals surface area contributed by atoms with Crippen molar-refractivity contribution < 1.29 is 9.90 Å². The van der Waals surface area contributed by atoms with Gasteiger partial charge in [0, 0.05) is 12.1 Å². The van der Waals surface area contributed by atoms with Gasteiger partial charge in [0.05, 0.1) is 12.4 Å². The molecule has 0 saturated heterocycles. The molecule has 1 aromatic heterocycles. The molecule has 17 heavy (non-hydrogen) atoms. The molecule has 1 fully saturated rings. The van der Waals surface area contributed by atoms with E-state index in [1.54, 1.807) is 0 Å². The summed E-state index contributed by atoms with van der Waals surface area (Å²) in [6.07, 6.45) is 7.02. The maximum absolute atomic E-state index is 10.8. The highest BCUT2D eigenvalue weighted by atomic mass is 16.4. The number of nitrogens with zero attached hydrogens (tertiary/aromatic N) is 2. The second kappa shape index (κ2) is 5.09. The number of carbonyl (C=O) groups is 1. The van der Waals surface area contributed by atoms with Gasteiger partial charge in [0.1, 0.15) is 5.82 Å². The Kier molecular flexibility index (Phi) is 3.53. The van der Waals surface area contributed by atoms with E-state index in [9.17, 15) is 4.79 Å². The molecule has 0 spiro atoms. The zero-order chi connectivity index (χ0) is 12.3. The highest BCUT2D eigenvalue weighted by Crippen LogP contribution is 2.19. The van der Waals surface area contributed by atoms with Crippen LogP contribution in [-0.2, 0) is 0 Å². The van der Waals surface area contributed by atoms with Crippen molar-refractivity contribution in [2.24, 2.45) is 5.73 Å². The number of carboxylic acids is 1. The summed E-state index contributed by atoms with van der Waals surface area (Å²) in [5.41, 5.74) is 5.94. The monoisotopic (exact) mass is 236 g/mol. The first-order valence-corrected chi connectivity index (χ1v) is 5.74. The summed E-state index contributed by atoms with van der Waals surface area (Å²) in [6.45, 7) is 0. The SMILES string of the molecule is NC1CCCCC1Nc1cncc(C(=O)O)n1. The van der Waals surface area contributed by atoms with E-state index < -0.39 is 5.97 Å². The van der Waals surface area contributed by atoms with Gasteiger partial charge in [-0.15, -0.1) is 0 Å². The van der Waals surface area contributed by atoms with E-state index in [-0.39, 0.29) is 17.8 Å². The standard InChI is InChI=1S/C11H16N4O2/c12-7-3-1-2-4-8(7)14-10-6-13-5-9(15-10)11(16)17/h5-8H,1-4,12H2,(H,14,15)(H,16,17). The van der Waals surface area contributed by atoms with Crippen molar-refractivity contribution in [1.82, 2.24) is 9.97 Å². The third kappa shape index (κ3) is 2.91. The molecule has 4 N–H and O–H groups in total. The molecule has 0 aromatic carbocycles. The molecule has 1 heterocycles. The van der Waals surface area contributed by atoms with Crippen molar-refractivity contribution >= 4 is 11.8 Å². The van der Waals surface area contributed by atoms with Crippen LogP contribution >= 0.6 is 0 Å². The summed E-state index contributed by atoms with van der Waals surface area (Å²) >= 11 is 0. The van der Waals surface area contributed by atoms with E-state index in [0.29, 0.717) is 5.82 Å². The zero-order valence-electron chi connectivity index (χ0n) is 9.47. The summed E-state index contributed by atoms with van der Waals surface area (Å²) in [4.78, 5) is 18.6. The summed E-state index contributed by atoms with van der Waals surface area (Å²) in [7, 11) is 0. The number of hydrogen-bond acceptors (Lipinski definition) is 5. The molecule has 1 aromatic rings. The largest absolute Gasteiger partial charge is 0.476 e. The maximum Gasteiger partial charge on any atom is 0.356 e. The first-order valence-electron chi connectivity index (χ1n) is 5.74. The van der Waals surface area contributed by atoms with Crippen molar-refractivity contribution in [1.29, 1.82) is 0 Å². The average molecular weight is 236 g/mol. The van der Waals surface area contributed by atoms with Crippen LogP contribution in [0.4, 0.5) is 5.82 Å². The minimum absolute atomic E-state index is 0.0561. The number of nitrogens with two attached hydrogens (primary N) is 1. The van der Waals surface area contributed by atoms with E-state index in [1.807, 2.05) is 0 Å². The van der Waals surface area contributed by atoms with Gasteiger partial charge in [0.2, 0.25) is 0 Å². The smallest absolute Gasteiger partial charge is 0.356 e. The van der Waals surface area contributed by atoms with E-state index in [2.05, 4.69) is 15.3 Å². The van der Waals surface area contributed by atoms with Gasteiger partial charge in [-0.05, 0) is 12.8 Å². The number of aromatic carboxylic acids is 1. The Morgan fingerprint density at radius 3 is 2.88 bits per heavy atom. The van der Waals surface area contributed by atoms with Crippen LogP contribution in [0.3, 0.4) is 0 Å². The Morgan fingerprint density at radius 2 is 2.18 bits per heavy atom. The normalized spacial score (nSPS) is 24.3. The van der Waals surface area contributed by atoms with Gasteiger partial charge in [0.15, 0.2) is 5.69 Å². The lowest BCUT2D eigenvalue weighted by Crippen LogP contribution is -2.42. The van der Waals surface area contributed by atoms with E-state index in [1.165, 1.54) is 12.4 Å². The molecule has 2 atom stereocenters. The Morgan fingerprint density at radius 1 is 1.41 bits per heavy atom. The number of aromatic nitrogens is 2.